The number of rotatable bonds is 8. The molecule has 9 heteroatoms. The maximum Gasteiger partial charge on any atom is 0.276 e. The molecule has 0 aliphatic heterocycles. The number of carbonyl (C=O) groups is 2. The second-order valence-electron chi connectivity index (χ2n) is 6.80. The van der Waals surface area contributed by atoms with E-state index in [2.05, 4.69) is 29.4 Å². The summed E-state index contributed by atoms with van der Waals surface area (Å²) in [6.07, 6.45) is 3.20. The van der Waals surface area contributed by atoms with Crippen molar-refractivity contribution in [3.8, 4) is 5.75 Å². The largest absolute Gasteiger partial charge is 0.471 e. The van der Waals surface area contributed by atoms with Crippen molar-refractivity contribution in [2.45, 2.75) is 40.0 Å². The quantitative estimate of drug-likeness (QED) is 0.607. The lowest BCUT2D eigenvalue weighted by Crippen LogP contribution is -2.18. The molecule has 0 spiro atoms. The number of ether oxygens (including phenoxy) is 1. The number of amides is 2. The van der Waals surface area contributed by atoms with Crippen molar-refractivity contribution in [1.29, 1.82) is 0 Å². The minimum absolute atomic E-state index is 0.00723. The molecule has 0 atom stereocenters. The minimum atomic E-state index is -0.713. The first-order chi connectivity index (χ1) is 13.9. The van der Waals surface area contributed by atoms with E-state index >= 15 is 0 Å². The predicted octanol–water partition coefficient (Wildman–Crippen LogP) is 2.61. The molecule has 0 unspecified atom stereocenters. The first-order valence-corrected chi connectivity index (χ1v) is 9.32. The second-order valence-corrected chi connectivity index (χ2v) is 6.80. The van der Waals surface area contributed by atoms with Gasteiger partial charge >= 0.3 is 0 Å². The number of nitrogens with one attached hydrogen (secondary N) is 1. The highest BCUT2D eigenvalue weighted by atomic mass is 16.5. The van der Waals surface area contributed by atoms with Crippen molar-refractivity contribution < 1.29 is 14.3 Å². The molecular formula is C20H24N6O3. The van der Waals surface area contributed by atoms with Crippen LogP contribution in [0.1, 0.15) is 53.2 Å². The lowest BCUT2D eigenvalue weighted by molar-refractivity contribution is 0.0995. The molecule has 1 aromatic carbocycles. The molecular weight excluding hydrogens is 372 g/mol. The van der Waals surface area contributed by atoms with Crippen LogP contribution in [0.15, 0.2) is 42.7 Å². The van der Waals surface area contributed by atoms with E-state index in [-0.39, 0.29) is 23.8 Å². The van der Waals surface area contributed by atoms with Crippen LogP contribution in [-0.4, -0.2) is 31.4 Å². The summed E-state index contributed by atoms with van der Waals surface area (Å²) in [6.45, 7) is 6.83. The van der Waals surface area contributed by atoms with E-state index in [1.807, 2.05) is 31.2 Å². The van der Waals surface area contributed by atoms with Gasteiger partial charge < -0.3 is 15.8 Å². The van der Waals surface area contributed by atoms with Gasteiger partial charge in [0.2, 0.25) is 0 Å². The third kappa shape index (κ3) is 4.81. The van der Waals surface area contributed by atoms with E-state index in [1.54, 1.807) is 18.5 Å². The number of benzene rings is 1. The number of hydrogen-bond acceptors (Lipinski definition) is 5. The third-order valence-corrected chi connectivity index (χ3v) is 4.35. The summed E-state index contributed by atoms with van der Waals surface area (Å²) in [7, 11) is 0. The average molecular weight is 396 g/mol. The van der Waals surface area contributed by atoms with Crippen molar-refractivity contribution in [2.24, 2.45) is 5.73 Å². The number of anilines is 1. The molecule has 2 amide bonds. The van der Waals surface area contributed by atoms with Crippen LogP contribution in [-0.2, 0) is 13.3 Å². The Morgan fingerprint density at radius 2 is 1.86 bits per heavy atom. The molecule has 0 radical (unpaired) electrons. The zero-order valence-electron chi connectivity index (χ0n) is 16.6. The van der Waals surface area contributed by atoms with Crippen LogP contribution in [0.5, 0.6) is 5.75 Å². The Morgan fingerprint density at radius 3 is 2.48 bits per heavy atom. The summed E-state index contributed by atoms with van der Waals surface area (Å²) in [4.78, 5) is 24.0. The van der Waals surface area contributed by atoms with Crippen LogP contribution < -0.4 is 15.8 Å². The van der Waals surface area contributed by atoms with Crippen LogP contribution in [0.25, 0.3) is 0 Å². The number of nitrogens with zero attached hydrogens (tertiary/aromatic N) is 4. The van der Waals surface area contributed by atoms with Crippen molar-refractivity contribution in [3.05, 3.63) is 59.7 Å². The van der Waals surface area contributed by atoms with Gasteiger partial charge in [-0.05, 0) is 36.6 Å². The number of hydrogen-bond donors (Lipinski definition) is 2. The summed E-state index contributed by atoms with van der Waals surface area (Å²) < 4.78 is 8.73. The lowest BCUT2D eigenvalue weighted by Gasteiger charge is -2.09. The summed E-state index contributed by atoms with van der Waals surface area (Å²) in [5.74, 6) is -0.0113. The van der Waals surface area contributed by atoms with Crippen molar-refractivity contribution in [3.63, 3.8) is 0 Å². The van der Waals surface area contributed by atoms with Gasteiger partial charge in [-0.1, -0.05) is 26.0 Å². The normalized spacial score (nSPS) is 10.9. The standard InChI is InChI=1S/C20H24N6O3/c1-4-25-11-17(18(24-25)19(21)27)22-20(28)16-9-10-26(23-16)12-29-15-7-5-14(6-8-15)13(2)3/h5-11,13H,4,12H2,1-3H3,(H2,21,27)(H,22,28). The summed E-state index contributed by atoms with van der Waals surface area (Å²) in [6, 6.07) is 9.42. The topological polar surface area (TPSA) is 117 Å². The molecule has 9 nitrogen and oxygen atoms in total. The van der Waals surface area contributed by atoms with Gasteiger partial charge in [0.1, 0.15) is 5.75 Å². The number of nitrogens with two attached hydrogens (primary N) is 1. The van der Waals surface area contributed by atoms with E-state index in [1.165, 1.54) is 14.9 Å². The van der Waals surface area contributed by atoms with Crippen LogP contribution in [0.4, 0.5) is 5.69 Å². The molecule has 0 saturated heterocycles. The fraction of sp³-hybridized carbons (Fsp3) is 0.300. The zero-order valence-corrected chi connectivity index (χ0v) is 16.6. The Balaban J connectivity index is 1.63. The maximum atomic E-state index is 12.5. The highest BCUT2D eigenvalue weighted by Gasteiger charge is 2.18. The van der Waals surface area contributed by atoms with Crippen LogP contribution >= 0.6 is 0 Å². The monoisotopic (exact) mass is 396 g/mol. The van der Waals surface area contributed by atoms with Gasteiger partial charge in [0, 0.05) is 18.9 Å². The van der Waals surface area contributed by atoms with Gasteiger partial charge in [-0.3, -0.25) is 14.3 Å². The Kier molecular flexibility index (Phi) is 5.96. The SMILES string of the molecule is CCn1cc(NC(=O)c2ccn(COc3ccc(C(C)C)cc3)n2)c(C(N)=O)n1. The summed E-state index contributed by atoms with van der Waals surface area (Å²) in [5, 5.41) is 10.9. The Bertz CT molecular complexity index is 1000. The lowest BCUT2D eigenvalue weighted by atomic mass is 10.0. The van der Waals surface area contributed by atoms with Gasteiger partial charge in [-0.15, -0.1) is 0 Å². The van der Waals surface area contributed by atoms with Gasteiger partial charge in [0.05, 0.1) is 5.69 Å². The number of primary amides is 1. The second kappa shape index (κ2) is 8.59. The van der Waals surface area contributed by atoms with E-state index < -0.39 is 11.8 Å². The molecule has 29 heavy (non-hydrogen) atoms. The highest BCUT2D eigenvalue weighted by molar-refractivity contribution is 6.06. The Labute approximate surface area is 168 Å². The van der Waals surface area contributed by atoms with Crippen LogP contribution in [0, 0.1) is 0 Å². The van der Waals surface area contributed by atoms with E-state index in [9.17, 15) is 9.59 Å². The fourth-order valence-corrected chi connectivity index (χ4v) is 2.69. The van der Waals surface area contributed by atoms with E-state index in [0.29, 0.717) is 18.2 Å². The molecule has 3 N–H and O–H groups in total. The first-order valence-electron chi connectivity index (χ1n) is 9.32. The maximum absolute atomic E-state index is 12.5. The Morgan fingerprint density at radius 1 is 1.14 bits per heavy atom. The highest BCUT2D eigenvalue weighted by Crippen LogP contribution is 2.19. The van der Waals surface area contributed by atoms with E-state index in [0.717, 1.165) is 0 Å². The minimum Gasteiger partial charge on any atom is -0.471 e. The zero-order chi connectivity index (χ0) is 21.0. The first kappa shape index (κ1) is 20.1. The molecule has 152 valence electrons. The van der Waals surface area contributed by atoms with Crippen LogP contribution in [0.3, 0.4) is 0 Å². The average Bonchev–Trinajstić information content (AvgIpc) is 3.33. The van der Waals surface area contributed by atoms with Gasteiger partial charge in [-0.2, -0.15) is 10.2 Å². The van der Waals surface area contributed by atoms with Crippen molar-refractivity contribution >= 4 is 17.5 Å². The Hall–Kier alpha value is -3.62. The molecule has 0 bridgehead atoms. The molecule has 3 rings (SSSR count). The molecule has 2 aromatic heterocycles. The third-order valence-electron chi connectivity index (χ3n) is 4.35. The van der Waals surface area contributed by atoms with Crippen LogP contribution in [0.2, 0.25) is 0 Å². The van der Waals surface area contributed by atoms with E-state index in [4.69, 9.17) is 10.5 Å². The predicted molar refractivity (Wildman–Crippen MR) is 108 cm³/mol. The molecule has 3 aromatic rings. The van der Waals surface area contributed by atoms with Crippen molar-refractivity contribution in [2.75, 3.05) is 5.32 Å². The number of carbonyl (C=O) groups excluding carboxylic acids is 2. The molecule has 0 aliphatic rings. The van der Waals surface area contributed by atoms with Crippen molar-refractivity contribution in [1.82, 2.24) is 19.6 Å². The number of aromatic nitrogens is 4. The van der Waals surface area contributed by atoms with Gasteiger partial charge in [0.15, 0.2) is 18.1 Å². The summed E-state index contributed by atoms with van der Waals surface area (Å²) >= 11 is 0. The number of aryl methyl sites for hydroxylation is 1. The molecule has 2 heterocycles. The molecule has 0 saturated carbocycles. The smallest absolute Gasteiger partial charge is 0.276 e. The molecule has 0 fully saturated rings. The molecule has 0 aliphatic carbocycles. The summed E-state index contributed by atoms with van der Waals surface area (Å²) in [5.41, 5.74) is 6.99. The fourth-order valence-electron chi connectivity index (χ4n) is 2.69. The van der Waals surface area contributed by atoms with Gasteiger partial charge in [0.25, 0.3) is 11.8 Å². The van der Waals surface area contributed by atoms with Gasteiger partial charge in [-0.25, -0.2) is 4.68 Å².